The highest BCUT2D eigenvalue weighted by Gasteiger charge is 2.28. The number of rotatable bonds is 9. The zero-order valence-corrected chi connectivity index (χ0v) is 19.8. The molecule has 1 aliphatic rings. The van der Waals surface area contributed by atoms with E-state index in [4.69, 9.17) is 11.6 Å². The van der Waals surface area contributed by atoms with Crippen molar-refractivity contribution < 1.29 is 9.59 Å². The van der Waals surface area contributed by atoms with Gasteiger partial charge in [0.05, 0.1) is 5.75 Å². The van der Waals surface area contributed by atoms with Crippen molar-refractivity contribution in [2.75, 3.05) is 5.75 Å². The van der Waals surface area contributed by atoms with Crippen LogP contribution in [0.4, 0.5) is 0 Å². The first-order chi connectivity index (χ1) is 14.9. The second kappa shape index (κ2) is 11.6. The summed E-state index contributed by atoms with van der Waals surface area (Å²) in [7, 11) is 0. The SMILES string of the molecule is Cc1ccc(CSCC(=O)N(Cc2ccc(Cl)cc2)C(C)C(=O)NC2CCCC2)cc1. The van der Waals surface area contributed by atoms with Crippen molar-refractivity contribution in [3.8, 4) is 0 Å². The molecule has 0 heterocycles. The molecule has 1 aliphatic carbocycles. The fourth-order valence-corrected chi connectivity index (χ4v) is 4.78. The van der Waals surface area contributed by atoms with E-state index in [9.17, 15) is 9.59 Å². The Morgan fingerprint density at radius 3 is 2.32 bits per heavy atom. The number of carbonyl (C=O) groups is 2. The van der Waals surface area contributed by atoms with Crippen LogP contribution in [0.5, 0.6) is 0 Å². The molecule has 31 heavy (non-hydrogen) atoms. The van der Waals surface area contributed by atoms with Crippen LogP contribution >= 0.6 is 23.4 Å². The van der Waals surface area contributed by atoms with Gasteiger partial charge in [-0.2, -0.15) is 0 Å². The van der Waals surface area contributed by atoms with E-state index in [0.717, 1.165) is 37.0 Å². The summed E-state index contributed by atoms with van der Waals surface area (Å²) in [5.74, 6) is 1.00. The van der Waals surface area contributed by atoms with E-state index in [2.05, 4.69) is 36.5 Å². The highest BCUT2D eigenvalue weighted by molar-refractivity contribution is 7.99. The number of benzene rings is 2. The first-order valence-corrected chi connectivity index (χ1v) is 12.4. The summed E-state index contributed by atoms with van der Waals surface area (Å²) in [6.45, 7) is 4.27. The van der Waals surface area contributed by atoms with Gasteiger partial charge in [-0.1, -0.05) is 66.4 Å². The first kappa shape index (κ1) is 23.7. The fraction of sp³-hybridized carbons (Fsp3) is 0.440. The molecule has 1 atom stereocenters. The van der Waals surface area contributed by atoms with Crippen molar-refractivity contribution in [1.82, 2.24) is 10.2 Å². The van der Waals surface area contributed by atoms with Crippen molar-refractivity contribution >= 4 is 35.2 Å². The third-order valence-corrected chi connectivity index (χ3v) is 6.99. The number of nitrogens with zero attached hydrogens (tertiary/aromatic N) is 1. The summed E-state index contributed by atoms with van der Waals surface area (Å²) in [5.41, 5.74) is 3.38. The van der Waals surface area contributed by atoms with Crippen LogP contribution in [0.3, 0.4) is 0 Å². The molecule has 1 saturated carbocycles. The average Bonchev–Trinajstić information content (AvgIpc) is 3.27. The minimum atomic E-state index is -0.524. The number of carbonyl (C=O) groups excluding carboxylic acids is 2. The molecule has 3 rings (SSSR count). The van der Waals surface area contributed by atoms with E-state index >= 15 is 0 Å². The Kier molecular flexibility index (Phi) is 8.85. The van der Waals surface area contributed by atoms with Crippen LogP contribution in [0, 0.1) is 6.92 Å². The quantitative estimate of drug-likeness (QED) is 0.550. The van der Waals surface area contributed by atoms with Crippen molar-refractivity contribution in [1.29, 1.82) is 0 Å². The van der Waals surface area contributed by atoms with Crippen molar-refractivity contribution in [2.45, 2.75) is 63.9 Å². The minimum absolute atomic E-state index is 0.0267. The minimum Gasteiger partial charge on any atom is -0.352 e. The van der Waals surface area contributed by atoms with Crippen molar-refractivity contribution in [2.24, 2.45) is 0 Å². The summed E-state index contributed by atoms with van der Waals surface area (Å²) < 4.78 is 0. The smallest absolute Gasteiger partial charge is 0.242 e. The lowest BCUT2D eigenvalue weighted by atomic mass is 10.1. The van der Waals surface area contributed by atoms with E-state index in [1.807, 2.05) is 31.2 Å². The Bertz CT molecular complexity index is 864. The standard InChI is InChI=1S/C25H31ClN2O2S/c1-18-7-9-21(10-8-18)16-31-17-24(29)28(15-20-11-13-22(26)14-12-20)19(2)25(30)27-23-5-3-4-6-23/h7-14,19,23H,3-6,15-17H2,1-2H3,(H,27,30). The maximum absolute atomic E-state index is 13.1. The van der Waals surface area contributed by atoms with Crippen molar-refractivity contribution in [3.05, 3.63) is 70.2 Å². The molecule has 0 aliphatic heterocycles. The van der Waals surface area contributed by atoms with Crippen molar-refractivity contribution in [3.63, 3.8) is 0 Å². The summed E-state index contributed by atoms with van der Waals surface area (Å²) in [6.07, 6.45) is 4.36. The molecule has 0 saturated heterocycles. The molecular weight excluding hydrogens is 428 g/mol. The number of thioether (sulfide) groups is 1. The van der Waals surface area contributed by atoms with Gasteiger partial charge in [-0.3, -0.25) is 9.59 Å². The highest BCUT2D eigenvalue weighted by atomic mass is 35.5. The number of hydrogen-bond donors (Lipinski definition) is 1. The zero-order valence-electron chi connectivity index (χ0n) is 18.3. The topological polar surface area (TPSA) is 49.4 Å². The van der Waals surface area contributed by atoms with E-state index < -0.39 is 6.04 Å². The van der Waals surface area contributed by atoms with Gasteiger partial charge < -0.3 is 10.2 Å². The Labute approximate surface area is 194 Å². The Morgan fingerprint density at radius 1 is 1.06 bits per heavy atom. The van der Waals surface area contributed by atoms with Crippen LogP contribution in [0.25, 0.3) is 0 Å². The van der Waals surface area contributed by atoms with Crippen LogP contribution in [0.2, 0.25) is 5.02 Å². The number of nitrogens with one attached hydrogen (secondary N) is 1. The molecule has 2 aromatic rings. The Morgan fingerprint density at radius 2 is 1.68 bits per heavy atom. The maximum atomic E-state index is 13.1. The van der Waals surface area contributed by atoms with Gasteiger partial charge in [-0.25, -0.2) is 0 Å². The second-order valence-corrected chi connectivity index (χ2v) is 9.71. The first-order valence-electron chi connectivity index (χ1n) is 10.9. The van der Waals surface area contributed by atoms with E-state index in [1.54, 1.807) is 16.7 Å². The van der Waals surface area contributed by atoms with Crippen LogP contribution < -0.4 is 5.32 Å². The molecule has 166 valence electrons. The number of halogens is 1. The second-order valence-electron chi connectivity index (χ2n) is 8.29. The lowest BCUT2D eigenvalue weighted by Crippen LogP contribution is -2.50. The van der Waals surface area contributed by atoms with Gasteiger partial charge >= 0.3 is 0 Å². The molecule has 2 aromatic carbocycles. The molecule has 1 N–H and O–H groups in total. The number of hydrogen-bond acceptors (Lipinski definition) is 3. The monoisotopic (exact) mass is 458 g/mol. The predicted octanol–water partition coefficient (Wildman–Crippen LogP) is 5.36. The lowest BCUT2D eigenvalue weighted by Gasteiger charge is -2.29. The Balaban J connectivity index is 1.64. The summed E-state index contributed by atoms with van der Waals surface area (Å²) in [4.78, 5) is 27.7. The number of amides is 2. The summed E-state index contributed by atoms with van der Waals surface area (Å²) in [6, 6.07) is 15.5. The normalized spacial score (nSPS) is 14.9. The molecule has 0 bridgehead atoms. The molecule has 4 nitrogen and oxygen atoms in total. The predicted molar refractivity (Wildman–Crippen MR) is 129 cm³/mol. The summed E-state index contributed by atoms with van der Waals surface area (Å²) >= 11 is 7.59. The molecule has 2 amide bonds. The molecule has 1 fully saturated rings. The summed E-state index contributed by atoms with van der Waals surface area (Å²) in [5, 5.41) is 3.79. The fourth-order valence-electron chi connectivity index (χ4n) is 3.78. The van der Waals surface area contributed by atoms with E-state index in [-0.39, 0.29) is 17.9 Å². The van der Waals surface area contributed by atoms with E-state index in [0.29, 0.717) is 17.3 Å². The van der Waals surface area contributed by atoms with Gasteiger partial charge in [0, 0.05) is 23.4 Å². The van der Waals surface area contributed by atoms with Gasteiger partial charge in [0.15, 0.2) is 0 Å². The van der Waals surface area contributed by atoms with Crippen LogP contribution in [-0.4, -0.2) is 34.6 Å². The molecule has 0 radical (unpaired) electrons. The largest absolute Gasteiger partial charge is 0.352 e. The van der Waals surface area contributed by atoms with Crippen LogP contribution in [-0.2, 0) is 21.9 Å². The van der Waals surface area contributed by atoms with E-state index in [1.165, 1.54) is 11.1 Å². The van der Waals surface area contributed by atoms with Gasteiger partial charge in [-0.05, 0) is 49.9 Å². The van der Waals surface area contributed by atoms with Gasteiger partial charge in [-0.15, -0.1) is 11.8 Å². The molecule has 1 unspecified atom stereocenters. The molecular formula is C25H31ClN2O2S. The zero-order chi connectivity index (χ0) is 22.2. The van der Waals surface area contributed by atoms with Crippen LogP contribution in [0.1, 0.15) is 49.3 Å². The average molecular weight is 459 g/mol. The highest BCUT2D eigenvalue weighted by Crippen LogP contribution is 2.20. The van der Waals surface area contributed by atoms with Gasteiger partial charge in [0.1, 0.15) is 6.04 Å². The lowest BCUT2D eigenvalue weighted by molar-refractivity contribution is -0.138. The molecule has 0 aromatic heterocycles. The third kappa shape index (κ3) is 7.29. The molecule has 6 heteroatoms. The Hall–Kier alpha value is -1.98. The van der Waals surface area contributed by atoms with Crippen LogP contribution in [0.15, 0.2) is 48.5 Å². The van der Waals surface area contributed by atoms with Gasteiger partial charge in [0.25, 0.3) is 0 Å². The number of aryl methyl sites for hydroxylation is 1. The van der Waals surface area contributed by atoms with Gasteiger partial charge in [0.2, 0.25) is 11.8 Å². The maximum Gasteiger partial charge on any atom is 0.242 e. The molecule has 0 spiro atoms. The third-order valence-electron chi connectivity index (χ3n) is 5.75.